The molecular weight excluding hydrogens is 264 g/mol. The van der Waals surface area contributed by atoms with Gasteiger partial charge in [-0.25, -0.2) is 0 Å². The van der Waals surface area contributed by atoms with Crippen molar-refractivity contribution >= 4 is 11.6 Å². The average Bonchev–Trinajstić information content (AvgIpc) is 2.52. The van der Waals surface area contributed by atoms with Crippen LogP contribution in [0, 0.1) is 17.2 Å². The van der Waals surface area contributed by atoms with E-state index in [1.807, 2.05) is 18.2 Å². The van der Waals surface area contributed by atoms with Crippen molar-refractivity contribution in [3.05, 3.63) is 24.3 Å². The second kappa shape index (κ2) is 8.31. The third-order valence-electron chi connectivity index (χ3n) is 3.93. The Morgan fingerprint density at radius 1 is 1.33 bits per heavy atom. The van der Waals surface area contributed by atoms with Gasteiger partial charge >= 0.3 is 0 Å². The normalized spacial score (nSPS) is 15.2. The first-order chi connectivity index (χ1) is 10.3. The van der Waals surface area contributed by atoms with Gasteiger partial charge in [-0.15, -0.1) is 0 Å². The lowest BCUT2D eigenvalue weighted by molar-refractivity contribution is -0.116. The fraction of sp³-hybridized carbons (Fsp3) is 0.529. The predicted octanol–water partition coefficient (Wildman–Crippen LogP) is 3.89. The van der Waals surface area contributed by atoms with Crippen LogP contribution in [0.2, 0.25) is 0 Å². The molecular formula is C17H22N2O2. The molecule has 21 heavy (non-hydrogen) atoms. The summed E-state index contributed by atoms with van der Waals surface area (Å²) in [6, 6.07) is 9.08. The molecule has 1 fully saturated rings. The van der Waals surface area contributed by atoms with Gasteiger partial charge in [0.05, 0.1) is 0 Å². The molecule has 1 aromatic rings. The molecule has 1 aliphatic carbocycles. The van der Waals surface area contributed by atoms with E-state index in [-0.39, 0.29) is 12.5 Å². The highest BCUT2D eigenvalue weighted by molar-refractivity contribution is 5.90. The van der Waals surface area contributed by atoms with E-state index in [0.29, 0.717) is 12.2 Å². The summed E-state index contributed by atoms with van der Waals surface area (Å²) in [7, 11) is 0. The van der Waals surface area contributed by atoms with E-state index in [0.717, 1.165) is 18.0 Å². The van der Waals surface area contributed by atoms with E-state index in [1.165, 1.54) is 32.1 Å². The van der Waals surface area contributed by atoms with Crippen LogP contribution in [0.1, 0.15) is 44.9 Å². The standard InChI is InChI=1S/C17H22N2O2/c18-11-12-21-16-8-4-7-15(13-16)19-17(20)10-9-14-5-2-1-3-6-14/h4,7-8,13-14H,1-3,5-6,9-10,12H2,(H,19,20). The van der Waals surface area contributed by atoms with Crippen LogP contribution in [-0.4, -0.2) is 12.5 Å². The lowest BCUT2D eigenvalue weighted by atomic mass is 9.86. The van der Waals surface area contributed by atoms with Gasteiger partial charge in [-0.05, 0) is 24.5 Å². The van der Waals surface area contributed by atoms with Crippen molar-refractivity contribution in [3.8, 4) is 11.8 Å². The molecule has 1 saturated carbocycles. The molecule has 1 amide bonds. The molecule has 1 N–H and O–H groups in total. The molecule has 2 rings (SSSR count). The Hall–Kier alpha value is -2.02. The molecule has 1 aromatic carbocycles. The van der Waals surface area contributed by atoms with E-state index in [1.54, 1.807) is 12.1 Å². The maximum atomic E-state index is 12.0. The zero-order valence-electron chi connectivity index (χ0n) is 12.3. The lowest BCUT2D eigenvalue weighted by Crippen LogP contribution is -2.14. The van der Waals surface area contributed by atoms with E-state index in [9.17, 15) is 4.79 Å². The number of anilines is 1. The number of nitriles is 1. The molecule has 0 aromatic heterocycles. The van der Waals surface area contributed by atoms with Gasteiger partial charge < -0.3 is 10.1 Å². The van der Waals surface area contributed by atoms with Gasteiger partial charge in [0.1, 0.15) is 11.8 Å². The topological polar surface area (TPSA) is 62.1 Å². The fourth-order valence-electron chi connectivity index (χ4n) is 2.81. The predicted molar refractivity (Wildman–Crippen MR) is 82.0 cm³/mol. The summed E-state index contributed by atoms with van der Waals surface area (Å²) in [5, 5.41) is 11.4. The number of carbonyl (C=O) groups is 1. The Morgan fingerprint density at radius 2 is 2.14 bits per heavy atom. The number of nitrogens with zero attached hydrogens (tertiary/aromatic N) is 1. The molecule has 0 saturated heterocycles. The Kier molecular flexibility index (Phi) is 6.08. The van der Waals surface area contributed by atoms with Crippen LogP contribution < -0.4 is 10.1 Å². The smallest absolute Gasteiger partial charge is 0.224 e. The van der Waals surface area contributed by atoms with Gasteiger partial charge in [-0.3, -0.25) is 4.79 Å². The van der Waals surface area contributed by atoms with Crippen LogP contribution in [0.3, 0.4) is 0 Å². The third-order valence-corrected chi connectivity index (χ3v) is 3.93. The van der Waals surface area contributed by atoms with Gasteiger partial charge in [-0.2, -0.15) is 5.26 Å². The van der Waals surface area contributed by atoms with Crippen LogP contribution in [0.25, 0.3) is 0 Å². The Labute approximate surface area is 126 Å². The van der Waals surface area contributed by atoms with Crippen molar-refractivity contribution < 1.29 is 9.53 Å². The van der Waals surface area contributed by atoms with Crippen molar-refractivity contribution in [2.45, 2.75) is 44.9 Å². The molecule has 1 aliphatic rings. The van der Waals surface area contributed by atoms with Gasteiger partial charge in [-0.1, -0.05) is 38.2 Å². The first-order valence-corrected chi connectivity index (χ1v) is 7.67. The minimum atomic E-state index is 0.0130. The van der Waals surface area contributed by atoms with Gasteiger partial charge in [0.2, 0.25) is 5.91 Å². The summed E-state index contributed by atoms with van der Waals surface area (Å²) in [5.41, 5.74) is 0.721. The minimum Gasteiger partial charge on any atom is -0.479 e. The highest BCUT2D eigenvalue weighted by Gasteiger charge is 2.14. The lowest BCUT2D eigenvalue weighted by Gasteiger charge is -2.21. The van der Waals surface area contributed by atoms with Crippen LogP contribution >= 0.6 is 0 Å². The fourth-order valence-corrected chi connectivity index (χ4v) is 2.81. The SMILES string of the molecule is N#CCOc1cccc(NC(=O)CCC2CCCCC2)c1. The minimum absolute atomic E-state index is 0.0130. The monoisotopic (exact) mass is 286 g/mol. The van der Waals surface area contributed by atoms with E-state index >= 15 is 0 Å². The number of carbonyl (C=O) groups excluding carboxylic acids is 1. The third kappa shape index (κ3) is 5.47. The highest BCUT2D eigenvalue weighted by atomic mass is 16.5. The number of rotatable bonds is 6. The summed E-state index contributed by atoms with van der Waals surface area (Å²) < 4.78 is 5.22. The molecule has 0 spiro atoms. The first-order valence-electron chi connectivity index (χ1n) is 7.67. The first kappa shape index (κ1) is 15.4. The van der Waals surface area contributed by atoms with Gasteiger partial charge in [0.25, 0.3) is 0 Å². The maximum absolute atomic E-state index is 12.0. The summed E-state index contributed by atoms with van der Waals surface area (Å²) in [6.07, 6.45) is 8.06. The molecule has 0 aliphatic heterocycles. The van der Waals surface area contributed by atoms with Crippen molar-refractivity contribution in [2.75, 3.05) is 11.9 Å². The van der Waals surface area contributed by atoms with Crippen molar-refractivity contribution in [1.82, 2.24) is 0 Å². The molecule has 4 nitrogen and oxygen atoms in total. The molecule has 0 radical (unpaired) electrons. The molecule has 0 bridgehead atoms. The maximum Gasteiger partial charge on any atom is 0.224 e. The highest BCUT2D eigenvalue weighted by Crippen LogP contribution is 2.27. The van der Waals surface area contributed by atoms with E-state index in [4.69, 9.17) is 10.00 Å². The zero-order valence-corrected chi connectivity index (χ0v) is 12.3. The van der Waals surface area contributed by atoms with Gasteiger partial charge in [0, 0.05) is 18.2 Å². The zero-order chi connectivity index (χ0) is 14.9. The Morgan fingerprint density at radius 3 is 2.90 bits per heavy atom. The van der Waals surface area contributed by atoms with E-state index in [2.05, 4.69) is 5.32 Å². The summed E-state index contributed by atoms with van der Waals surface area (Å²) in [5.74, 6) is 1.37. The molecule has 112 valence electrons. The average molecular weight is 286 g/mol. The van der Waals surface area contributed by atoms with Crippen molar-refractivity contribution in [3.63, 3.8) is 0 Å². The number of benzene rings is 1. The number of nitrogens with one attached hydrogen (secondary N) is 1. The summed E-state index contributed by atoms with van der Waals surface area (Å²) in [4.78, 5) is 12.0. The molecule has 0 atom stereocenters. The second-order valence-corrected chi connectivity index (χ2v) is 5.57. The van der Waals surface area contributed by atoms with Crippen molar-refractivity contribution in [2.24, 2.45) is 5.92 Å². The number of ether oxygens (including phenoxy) is 1. The summed E-state index contributed by atoms with van der Waals surface area (Å²) in [6.45, 7) is 0.0130. The second-order valence-electron chi connectivity index (χ2n) is 5.57. The van der Waals surface area contributed by atoms with Gasteiger partial charge in [0.15, 0.2) is 6.61 Å². The number of hydrogen-bond acceptors (Lipinski definition) is 3. The largest absolute Gasteiger partial charge is 0.479 e. The van der Waals surface area contributed by atoms with Crippen LogP contribution in [-0.2, 0) is 4.79 Å². The Bertz CT molecular complexity index is 502. The van der Waals surface area contributed by atoms with E-state index < -0.39 is 0 Å². The Balaban J connectivity index is 1.77. The van der Waals surface area contributed by atoms with Crippen LogP contribution in [0.15, 0.2) is 24.3 Å². The van der Waals surface area contributed by atoms with Crippen LogP contribution in [0.5, 0.6) is 5.75 Å². The van der Waals surface area contributed by atoms with Crippen molar-refractivity contribution in [1.29, 1.82) is 5.26 Å². The molecule has 4 heteroatoms. The van der Waals surface area contributed by atoms with Crippen LogP contribution in [0.4, 0.5) is 5.69 Å². The molecule has 0 heterocycles. The number of amides is 1. The summed E-state index contributed by atoms with van der Waals surface area (Å²) >= 11 is 0. The molecule has 0 unspecified atom stereocenters. The quantitative estimate of drug-likeness (QED) is 0.863. The number of hydrogen-bond donors (Lipinski definition) is 1.